The molecule has 2 aromatic rings. The Morgan fingerprint density at radius 2 is 2.22 bits per heavy atom. The zero-order chi connectivity index (χ0) is 16.0. The Morgan fingerprint density at radius 1 is 1.39 bits per heavy atom. The maximum absolute atomic E-state index is 12.5. The lowest BCUT2D eigenvalue weighted by Crippen LogP contribution is -2.39. The van der Waals surface area contributed by atoms with Gasteiger partial charge in [0.2, 0.25) is 11.9 Å². The number of fused-ring (bicyclic) bond motifs is 1. The number of carbonyl (C=O) groups is 1. The van der Waals surface area contributed by atoms with Gasteiger partial charge in [-0.1, -0.05) is 12.1 Å². The van der Waals surface area contributed by atoms with Crippen LogP contribution in [0, 0.1) is 16.0 Å². The number of carbonyl (C=O) groups excluding carboxylic acids is 1. The number of hydrogen-bond acceptors (Lipinski definition) is 4. The molecule has 0 radical (unpaired) electrons. The fourth-order valence-electron chi connectivity index (χ4n) is 3.59. The third-order valence-electron chi connectivity index (χ3n) is 4.94. The smallest absolute Gasteiger partial charge is 0.233 e. The van der Waals surface area contributed by atoms with Gasteiger partial charge in [-0.2, -0.15) is 0 Å². The Balaban J connectivity index is 1.50. The maximum Gasteiger partial charge on any atom is 0.233 e. The van der Waals surface area contributed by atoms with E-state index in [9.17, 15) is 14.9 Å². The fourth-order valence-corrected chi connectivity index (χ4v) is 3.59. The fraction of sp³-hybridized carbons (Fsp3) is 0.500. The molecule has 1 aromatic heterocycles. The van der Waals surface area contributed by atoms with Gasteiger partial charge in [0.15, 0.2) is 0 Å². The van der Waals surface area contributed by atoms with Gasteiger partial charge in [-0.05, 0) is 25.0 Å². The quantitative estimate of drug-likeness (QED) is 0.635. The zero-order valence-electron chi connectivity index (χ0n) is 12.7. The van der Waals surface area contributed by atoms with Crippen LogP contribution in [0.1, 0.15) is 19.3 Å². The van der Waals surface area contributed by atoms with Crippen LogP contribution >= 0.6 is 0 Å². The summed E-state index contributed by atoms with van der Waals surface area (Å²) in [5, 5.41) is 10.8. The number of imidazole rings is 1. The lowest BCUT2D eigenvalue weighted by molar-refractivity contribution is -0.497. The first-order valence-electron chi connectivity index (χ1n) is 7.99. The summed E-state index contributed by atoms with van der Waals surface area (Å²) in [4.78, 5) is 29.2. The molecule has 1 aliphatic heterocycles. The van der Waals surface area contributed by atoms with Gasteiger partial charge in [-0.15, -0.1) is 0 Å². The lowest BCUT2D eigenvalue weighted by Gasteiger charge is -2.25. The number of nitrogens with zero attached hydrogens (tertiary/aromatic N) is 4. The molecule has 0 unspecified atom stereocenters. The predicted molar refractivity (Wildman–Crippen MR) is 83.4 cm³/mol. The summed E-state index contributed by atoms with van der Waals surface area (Å²) >= 11 is 0. The second kappa shape index (κ2) is 5.33. The van der Waals surface area contributed by atoms with E-state index in [2.05, 4.69) is 9.55 Å². The summed E-state index contributed by atoms with van der Waals surface area (Å²) in [6, 6.07) is 7.35. The van der Waals surface area contributed by atoms with Crippen molar-refractivity contribution >= 4 is 16.9 Å². The van der Waals surface area contributed by atoms with Crippen molar-refractivity contribution in [1.82, 2.24) is 14.5 Å². The maximum atomic E-state index is 12.5. The van der Waals surface area contributed by atoms with Crippen molar-refractivity contribution in [2.45, 2.75) is 37.9 Å². The second-order valence-electron chi connectivity index (χ2n) is 6.41. The number of rotatable bonds is 4. The van der Waals surface area contributed by atoms with E-state index >= 15 is 0 Å². The molecule has 0 spiro atoms. The monoisotopic (exact) mass is 314 g/mol. The van der Waals surface area contributed by atoms with Crippen molar-refractivity contribution in [3.63, 3.8) is 0 Å². The van der Waals surface area contributed by atoms with Gasteiger partial charge in [-0.3, -0.25) is 14.9 Å². The molecule has 7 nitrogen and oxygen atoms in total. The number of hydrogen-bond donors (Lipinski definition) is 0. The molecule has 23 heavy (non-hydrogen) atoms. The number of amides is 1. The lowest BCUT2D eigenvalue weighted by atomic mass is 10.2. The minimum atomic E-state index is -0.669. The second-order valence-corrected chi connectivity index (χ2v) is 6.41. The van der Waals surface area contributed by atoms with Crippen LogP contribution in [0.3, 0.4) is 0 Å². The molecule has 2 aliphatic rings. The van der Waals surface area contributed by atoms with E-state index in [1.165, 1.54) is 0 Å². The van der Waals surface area contributed by atoms with Crippen LogP contribution in [0.4, 0.5) is 0 Å². The molecule has 7 heteroatoms. The van der Waals surface area contributed by atoms with Gasteiger partial charge in [0.1, 0.15) is 5.92 Å². The number of likely N-dealkylation sites (tertiary alicyclic amines) is 1. The van der Waals surface area contributed by atoms with E-state index in [0.29, 0.717) is 19.5 Å². The Hall–Kier alpha value is -2.44. The minimum absolute atomic E-state index is 0.0429. The molecule has 1 saturated carbocycles. The largest absolute Gasteiger partial charge is 0.337 e. The van der Waals surface area contributed by atoms with Crippen molar-refractivity contribution < 1.29 is 9.72 Å². The number of benzene rings is 1. The van der Waals surface area contributed by atoms with E-state index in [1.807, 2.05) is 35.5 Å². The van der Waals surface area contributed by atoms with Crippen LogP contribution in [-0.4, -0.2) is 43.9 Å². The van der Waals surface area contributed by atoms with Gasteiger partial charge in [0.25, 0.3) is 0 Å². The van der Waals surface area contributed by atoms with Crippen LogP contribution in [0.25, 0.3) is 11.0 Å². The molecule has 1 aliphatic carbocycles. The molecule has 2 heterocycles. The standard InChI is InChI=1S/C16H18N4O3/c21-16(12-8-15(12)20(22)23)19-7-3-4-11(19)9-18-10-17-13-5-1-2-6-14(13)18/h1-2,5-6,10-12,15H,3-4,7-9H2/t11-,12-,15-/m1/s1. The number of nitro groups is 1. The summed E-state index contributed by atoms with van der Waals surface area (Å²) in [5.41, 5.74) is 2.00. The van der Waals surface area contributed by atoms with Crippen molar-refractivity contribution in [3.8, 4) is 0 Å². The third-order valence-corrected chi connectivity index (χ3v) is 4.94. The Labute approximate surface area is 133 Å². The highest BCUT2D eigenvalue weighted by Crippen LogP contribution is 2.37. The van der Waals surface area contributed by atoms with Crippen molar-refractivity contribution in [3.05, 3.63) is 40.7 Å². The first-order chi connectivity index (χ1) is 11.1. The highest BCUT2D eigenvalue weighted by atomic mass is 16.6. The van der Waals surface area contributed by atoms with Crippen LogP contribution in [0.15, 0.2) is 30.6 Å². The van der Waals surface area contributed by atoms with Gasteiger partial charge in [0.05, 0.1) is 17.4 Å². The molecule has 4 rings (SSSR count). The van der Waals surface area contributed by atoms with Gasteiger partial charge in [0, 0.05) is 30.5 Å². The molecule has 2 fully saturated rings. The summed E-state index contributed by atoms with van der Waals surface area (Å²) in [6.07, 6.45) is 4.10. The van der Waals surface area contributed by atoms with Gasteiger partial charge >= 0.3 is 0 Å². The number of aromatic nitrogens is 2. The highest BCUT2D eigenvalue weighted by Gasteiger charge is 2.55. The molecule has 3 atom stereocenters. The van der Waals surface area contributed by atoms with Crippen LogP contribution in [0.5, 0.6) is 0 Å². The van der Waals surface area contributed by atoms with Crippen LogP contribution in [-0.2, 0) is 11.3 Å². The normalized spacial score (nSPS) is 26.6. The topological polar surface area (TPSA) is 81.3 Å². The molecule has 0 bridgehead atoms. The summed E-state index contributed by atoms with van der Waals surface area (Å²) < 4.78 is 2.07. The summed E-state index contributed by atoms with van der Waals surface area (Å²) in [6.45, 7) is 1.40. The third kappa shape index (κ3) is 2.46. The van der Waals surface area contributed by atoms with Crippen molar-refractivity contribution in [2.75, 3.05) is 6.54 Å². The van der Waals surface area contributed by atoms with E-state index in [-0.39, 0.29) is 16.9 Å². The SMILES string of the molecule is O=C([C@@H]1C[C@H]1[N+](=O)[O-])N1CCC[C@@H]1Cn1cnc2ccccc21. The van der Waals surface area contributed by atoms with E-state index in [0.717, 1.165) is 23.9 Å². The first kappa shape index (κ1) is 14.2. The molecule has 1 saturated heterocycles. The molecular formula is C16H18N4O3. The van der Waals surface area contributed by atoms with Crippen LogP contribution < -0.4 is 0 Å². The highest BCUT2D eigenvalue weighted by molar-refractivity contribution is 5.82. The Kier molecular flexibility index (Phi) is 3.28. The molecule has 120 valence electrons. The van der Waals surface area contributed by atoms with E-state index in [1.54, 1.807) is 0 Å². The summed E-state index contributed by atoms with van der Waals surface area (Å²) in [7, 11) is 0. The average molecular weight is 314 g/mol. The van der Waals surface area contributed by atoms with Crippen molar-refractivity contribution in [1.29, 1.82) is 0 Å². The number of para-hydroxylation sites is 2. The zero-order valence-corrected chi connectivity index (χ0v) is 12.7. The minimum Gasteiger partial charge on any atom is -0.337 e. The summed E-state index contributed by atoms with van der Waals surface area (Å²) in [5.74, 6) is -0.455. The average Bonchev–Trinajstić information content (AvgIpc) is 3.07. The molecular weight excluding hydrogens is 296 g/mol. The Bertz CT molecular complexity index is 772. The molecule has 1 aromatic carbocycles. The van der Waals surface area contributed by atoms with Crippen LogP contribution in [0.2, 0.25) is 0 Å². The van der Waals surface area contributed by atoms with E-state index < -0.39 is 12.0 Å². The Morgan fingerprint density at radius 3 is 3.00 bits per heavy atom. The van der Waals surface area contributed by atoms with Crippen molar-refractivity contribution in [2.24, 2.45) is 5.92 Å². The van der Waals surface area contributed by atoms with Gasteiger partial charge < -0.3 is 9.47 Å². The van der Waals surface area contributed by atoms with Gasteiger partial charge in [-0.25, -0.2) is 4.98 Å². The van der Waals surface area contributed by atoms with E-state index in [4.69, 9.17) is 0 Å². The predicted octanol–water partition coefficient (Wildman–Crippen LogP) is 1.69. The molecule has 1 amide bonds. The first-order valence-corrected chi connectivity index (χ1v) is 7.99. The molecule has 0 N–H and O–H groups in total.